The summed E-state index contributed by atoms with van der Waals surface area (Å²) in [7, 11) is 5.04. The lowest BCUT2D eigenvalue weighted by atomic mass is 10.1. The fourth-order valence-electron chi connectivity index (χ4n) is 3.44. The molecular formula is C22H38IN3O4. The van der Waals surface area contributed by atoms with E-state index in [1.165, 1.54) is 5.56 Å². The number of guanidine groups is 1. The van der Waals surface area contributed by atoms with Gasteiger partial charge < -0.3 is 29.2 Å². The van der Waals surface area contributed by atoms with Gasteiger partial charge in [0.25, 0.3) is 0 Å². The van der Waals surface area contributed by atoms with Crippen LogP contribution < -0.4 is 14.8 Å². The second kappa shape index (κ2) is 15.5. The smallest absolute Gasteiger partial charge is 0.193 e. The predicted molar refractivity (Wildman–Crippen MR) is 132 cm³/mol. The van der Waals surface area contributed by atoms with Crippen molar-refractivity contribution in [3.63, 3.8) is 0 Å². The van der Waals surface area contributed by atoms with Crippen molar-refractivity contribution in [3.8, 4) is 11.5 Å². The van der Waals surface area contributed by atoms with E-state index < -0.39 is 0 Å². The van der Waals surface area contributed by atoms with Gasteiger partial charge in [-0.3, -0.25) is 4.99 Å². The third kappa shape index (κ3) is 8.85. The van der Waals surface area contributed by atoms with Crippen LogP contribution in [0.3, 0.4) is 0 Å². The summed E-state index contributed by atoms with van der Waals surface area (Å²) in [5.74, 6) is 2.50. The van der Waals surface area contributed by atoms with E-state index in [1.807, 2.05) is 12.1 Å². The summed E-state index contributed by atoms with van der Waals surface area (Å²) < 4.78 is 21.7. The number of halogens is 1. The molecule has 1 aromatic rings. The molecule has 1 saturated heterocycles. The van der Waals surface area contributed by atoms with E-state index in [4.69, 9.17) is 23.9 Å². The Bertz CT molecular complexity index is 622. The Morgan fingerprint density at radius 3 is 2.47 bits per heavy atom. The first kappa shape index (κ1) is 26.8. The normalized spacial score (nSPS) is 14.9. The summed E-state index contributed by atoms with van der Waals surface area (Å²) in [6, 6.07) is 6.03. The van der Waals surface area contributed by atoms with Crippen molar-refractivity contribution in [1.29, 1.82) is 0 Å². The van der Waals surface area contributed by atoms with E-state index >= 15 is 0 Å². The molecule has 30 heavy (non-hydrogen) atoms. The lowest BCUT2D eigenvalue weighted by Gasteiger charge is -2.34. The molecule has 0 atom stereocenters. The van der Waals surface area contributed by atoms with E-state index in [9.17, 15) is 0 Å². The number of hydrogen-bond acceptors (Lipinski definition) is 5. The molecule has 1 aromatic carbocycles. The van der Waals surface area contributed by atoms with Gasteiger partial charge in [-0.1, -0.05) is 6.07 Å². The minimum atomic E-state index is 0. The summed E-state index contributed by atoms with van der Waals surface area (Å²) in [6.07, 6.45) is 4.23. The zero-order valence-corrected chi connectivity index (χ0v) is 21.1. The summed E-state index contributed by atoms with van der Waals surface area (Å²) in [4.78, 5) is 7.18. The predicted octanol–water partition coefficient (Wildman–Crippen LogP) is 3.35. The fraction of sp³-hybridized carbons (Fsp3) is 0.682. The summed E-state index contributed by atoms with van der Waals surface area (Å²) in [5.41, 5.74) is 1.19. The molecule has 8 heteroatoms. The van der Waals surface area contributed by atoms with E-state index in [0.717, 1.165) is 82.5 Å². The van der Waals surface area contributed by atoms with Crippen molar-refractivity contribution in [2.75, 3.05) is 60.7 Å². The molecule has 1 fully saturated rings. The molecule has 0 unspecified atom stereocenters. The highest BCUT2D eigenvalue weighted by Gasteiger charge is 2.21. The number of ether oxygens (including phenoxy) is 4. The maximum absolute atomic E-state index is 5.96. The van der Waals surface area contributed by atoms with Crippen molar-refractivity contribution in [1.82, 2.24) is 10.2 Å². The Balaban J connectivity index is 0.00000450. The zero-order valence-electron chi connectivity index (χ0n) is 18.8. The monoisotopic (exact) mass is 535 g/mol. The Hall–Kier alpha value is -1.26. The molecule has 172 valence electrons. The lowest BCUT2D eigenvalue weighted by Crippen LogP contribution is -2.47. The number of likely N-dealkylation sites (tertiary alicyclic amines) is 1. The quantitative estimate of drug-likeness (QED) is 0.203. The summed E-state index contributed by atoms with van der Waals surface area (Å²) in [6.45, 7) is 7.17. The van der Waals surface area contributed by atoms with Crippen molar-refractivity contribution >= 4 is 29.9 Å². The first-order valence-corrected chi connectivity index (χ1v) is 10.6. The Labute approximate surface area is 198 Å². The van der Waals surface area contributed by atoms with Crippen LogP contribution in [0.2, 0.25) is 0 Å². The minimum absolute atomic E-state index is 0. The van der Waals surface area contributed by atoms with Crippen molar-refractivity contribution in [2.24, 2.45) is 4.99 Å². The van der Waals surface area contributed by atoms with Crippen molar-refractivity contribution < 1.29 is 18.9 Å². The molecule has 0 radical (unpaired) electrons. The summed E-state index contributed by atoms with van der Waals surface area (Å²) in [5, 5.41) is 3.43. The molecule has 1 aliphatic heterocycles. The number of nitrogens with zero attached hydrogens (tertiary/aromatic N) is 2. The number of rotatable bonds is 11. The molecule has 0 saturated carbocycles. The van der Waals surface area contributed by atoms with Gasteiger partial charge in [-0.25, -0.2) is 0 Å². The van der Waals surface area contributed by atoms with Crippen LogP contribution >= 0.6 is 24.0 Å². The van der Waals surface area contributed by atoms with Crippen LogP contribution in [0, 0.1) is 0 Å². The van der Waals surface area contributed by atoms with E-state index in [-0.39, 0.29) is 24.0 Å². The van der Waals surface area contributed by atoms with Gasteiger partial charge in [0, 0.05) is 46.5 Å². The van der Waals surface area contributed by atoms with Gasteiger partial charge in [-0.05, 0) is 50.3 Å². The molecule has 1 aliphatic rings. The highest BCUT2D eigenvalue weighted by molar-refractivity contribution is 14.0. The topological polar surface area (TPSA) is 64.6 Å². The third-order valence-electron chi connectivity index (χ3n) is 5.03. The van der Waals surface area contributed by atoms with E-state index in [0.29, 0.717) is 6.10 Å². The highest BCUT2D eigenvalue weighted by atomic mass is 127. The molecule has 2 rings (SSSR count). The molecule has 0 aliphatic carbocycles. The molecule has 0 spiro atoms. The van der Waals surface area contributed by atoms with Crippen LogP contribution in [0.1, 0.15) is 31.7 Å². The largest absolute Gasteiger partial charge is 0.493 e. The average molecular weight is 535 g/mol. The minimum Gasteiger partial charge on any atom is -0.493 e. The molecule has 0 bridgehead atoms. The van der Waals surface area contributed by atoms with E-state index in [2.05, 4.69) is 23.2 Å². The number of piperidine rings is 1. The van der Waals surface area contributed by atoms with Crippen LogP contribution in [0.4, 0.5) is 0 Å². The number of benzene rings is 1. The fourth-order valence-corrected chi connectivity index (χ4v) is 3.44. The van der Waals surface area contributed by atoms with Crippen molar-refractivity contribution in [3.05, 3.63) is 23.8 Å². The van der Waals surface area contributed by atoms with Gasteiger partial charge in [0.15, 0.2) is 17.5 Å². The van der Waals surface area contributed by atoms with Gasteiger partial charge in [0.1, 0.15) is 0 Å². The molecule has 7 nitrogen and oxygen atoms in total. The van der Waals surface area contributed by atoms with Crippen LogP contribution in [-0.4, -0.2) is 77.7 Å². The first-order valence-electron chi connectivity index (χ1n) is 10.6. The molecular weight excluding hydrogens is 497 g/mol. The lowest BCUT2D eigenvalue weighted by molar-refractivity contribution is 0.00991. The Kier molecular flexibility index (Phi) is 13.9. The highest BCUT2D eigenvalue weighted by Crippen LogP contribution is 2.27. The average Bonchev–Trinajstić information content (AvgIpc) is 2.76. The number of methoxy groups -OCH3 is 3. The second-order valence-electron chi connectivity index (χ2n) is 7.08. The van der Waals surface area contributed by atoms with Gasteiger partial charge >= 0.3 is 0 Å². The van der Waals surface area contributed by atoms with Gasteiger partial charge in [-0.2, -0.15) is 0 Å². The second-order valence-corrected chi connectivity index (χ2v) is 7.08. The number of nitrogens with one attached hydrogen (secondary N) is 1. The van der Waals surface area contributed by atoms with Crippen LogP contribution in [0.15, 0.2) is 23.2 Å². The molecule has 0 amide bonds. The van der Waals surface area contributed by atoms with Crippen LogP contribution in [0.25, 0.3) is 0 Å². The van der Waals surface area contributed by atoms with Crippen LogP contribution in [0.5, 0.6) is 11.5 Å². The first-order chi connectivity index (χ1) is 14.2. The standard InChI is InChI=1S/C22H37N3O4.HI/c1-5-23-22(25-13-10-19(11-14-25)29-16-6-15-26-2)24-12-9-18-7-8-20(27-3)21(17-18)28-4;/h7-8,17,19H,5-6,9-16H2,1-4H3,(H,23,24);1H. The number of hydrogen-bond donors (Lipinski definition) is 1. The molecule has 0 aromatic heterocycles. The SMILES string of the molecule is CCNC(=NCCc1ccc(OC)c(OC)c1)N1CCC(OCCCOC)CC1.I. The Morgan fingerprint density at radius 2 is 1.83 bits per heavy atom. The third-order valence-corrected chi connectivity index (χ3v) is 5.03. The number of aliphatic imine (C=N–C) groups is 1. The Morgan fingerprint density at radius 1 is 1.10 bits per heavy atom. The maximum Gasteiger partial charge on any atom is 0.193 e. The van der Waals surface area contributed by atoms with Crippen LogP contribution in [-0.2, 0) is 15.9 Å². The molecule has 1 heterocycles. The van der Waals surface area contributed by atoms with Crippen molar-refractivity contribution in [2.45, 2.75) is 38.7 Å². The van der Waals surface area contributed by atoms with Gasteiger partial charge in [0.2, 0.25) is 0 Å². The summed E-state index contributed by atoms with van der Waals surface area (Å²) >= 11 is 0. The van der Waals surface area contributed by atoms with Gasteiger partial charge in [0.05, 0.1) is 20.3 Å². The van der Waals surface area contributed by atoms with E-state index in [1.54, 1.807) is 21.3 Å². The maximum atomic E-state index is 5.96. The molecule has 1 N–H and O–H groups in total. The zero-order chi connectivity index (χ0) is 20.9. The van der Waals surface area contributed by atoms with Gasteiger partial charge in [-0.15, -0.1) is 24.0 Å².